The van der Waals surface area contributed by atoms with E-state index in [1.54, 1.807) is 0 Å². The molecular weight excluding hydrogens is 166 g/mol. The topological polar surface area (TPSA) is 3.24 Å². The van der Waals surface area contributed by atoms with Gasteiger partial charge < -0.3 is 0 Å². The summed E-state index contributed by atoms with van der Waals surface area (Å²) in [6.07, 6.45) is 4.21. The Morgan fingerprint density at radius 1 is 1.42 bits per heavy atom. The summed E-state index contributed by atoms with van der Waals surface area (Å²) in [5.74, 6) is 1.38. The monoisotopic (exact) mass is 185 g/mol. The maximum absolute atomic E-state index is 2.74. The Balaban J connectivity index is 2.06. The van der Waals surface area contributed by atoms with Crippen LogP contribution >= 0.6 is 11.8 Å². The molecule has 1 nitrogen and oxygen atoms in total. The van der Waals surface area contributed by atoms with E-state index in [4.69, 9.17) is 0 Å². The highest BCUT2D eigenvalue weighted by Gasteiger charge is 2.48. The quantitative estimate of drug-likeness (QED) is 0.650. The molecule has 2 heteroatoms. The van der Waals surface area contributed by atoms with Crippen LogP contribution in [0.25, 0.3) is 0 Å². The lowest BCUT2D eigenvalue weighted by Gasteiger charge is -2.53. The smallest absolute Gasteiger partial charge is 0.0413 e. The Morgan fingerprint density at radius 2 is 2.08 bits per heavy atom. The van der Waals surface area contributed by atoms with Gasteiger partial charge in [0.05, 0.1) is 0 Å². The normalized spacial score (nSPS) is 43.0. The van der Waals surface area contributed by atoms with Gasteiger partial charge in [0.2, 0.25) is 0 Å². The van der Waals surface area contributed by atoms with Crippen LogP contribution in [0, 0.1) is 0 Å². The predicted octanol–water partition coefficient (Wildman–Crippen LogP) is 2.37. The molecule has 0 amide bonds. The summed E-state index contributed by atoms with van der Waals surface area (Å²) < 4.78 is 0. The number of likely N-dealkylation sites (tertiary alicyclic amines) is 1. The Bertz CT molecular complexity index is 161. The molecule has 0 spiro atoms. The summed E-state index contributed by atoms with van der Waals surface area (Å²) in [4.78, 5) is 2.74. The molecule has 2 fully saturated rings. The molecule has 2 rings (SSSR count). The van der Waals surface area contributed by atoms with Crippen LogP contribution in [0.1, 0.15) is 33.1 Å². The molecule has 0 radical (unpaired) electrons. The number of hydrogen-bond acceptors (Lipinski definition) is 2. The molecule has 0 N–H and O–H groups in total. The lowest BCUT2D eigenvalue weighted by atomic mass is 9.91. The van der Waals surface area contributed by atoms with Gasteiger partial charge in [0.15, 0.2) is 0 Å². The van der Waals surface area contributed by atoms with Crippen LogP contribution < -0.4 is 0 Å². The summed E-state index contributed by atoms with van der Waals surface area (Å²) >= 11 is 2.14. The average molecular weight is 185 g/mol. The highest BCUT2D eigenvalue weighted by atomic mass is 32.2. The van der Waals surface area contributed by atoms with Gasteiger partial charge in [-0.25, -0.2) is 0 Å². The first-order valence-electron chi connectivity index (χ1n) is 5.16. The maximum Gasteiger partial charge on any atom is 0.0413 e. The van der Waals surface area contributed by atoms with Crippen molar-refractivity contribution in [3.63, 3.8) is 0 Å². The third-order valence-corrected chi connectivity index (χ3v) is 5.29. The zero-order chi connectivity index (χ0) is 8.60. The van der Waals surface area contributed by atoms with Crippen LogP contribution in [0.4, 0.5) is 0 Å². The zero-order valence-electron chi connectivity index (χ0n) is 8.18. The van der Waals surface area contributed by atoms with Gasteiger partial charge in [-0.3, -0.25) is 4.90 Å². The minimum Gasteiger partial charge on any atom is -0.296 e. The van der Waals surface area contributed by atoms with E-state index in [1.165, 1.54) is 38.1 Å². The highest BCUT2D eigenvalue weighted by molar-refractivity contribution is 8.01. The van der Waals surface area contributed by atoms with Gasteiger partial charge in [-0.1, -0.05) is 13.8 Å². The molecular formula is C10H19NS. The van der Waals surface area contributed by atoms with E-state index in [9.17, 15) is 0 Å². The molecule has 0 saturated carbocycles. The Morgan fingerprint density at radius 3 is 2.42 bits per heavy atom. The third-order valence-electron chi connectivity index (χ3n) is 3.69. The van der Waals surface area contributed by atoms with Crippen molar-refractivity contribution in [1.29, 1.82) is 0 Å². The number of hydrogen-bond donors (Lipinski definition) is 0. The third kappa shape index (κ3) is 1.12. The Hall–Kier alpha value is 0.310. The second kappa shape index (κ2) is 3.22. The molecule has 2 unspecified atom stereocenters. The van der Waals surface area contributed by atoms with Crippen molar-refractivity contribution in [3.8, 4) is 0 Å². The van der Waals surface area contributed by atoms with E-state index in [-0.39, 0.29) is 0 Å². The van der Waals surface area contributed by atoms with Crippen LogP contribution in [0.5, 0.6) is 0 Å². The fourth-order valence-electron chi connectivity index (χ4n) is 2.57. The van der Waals surface area contributed by atoms with Gasteiger partial charge in [0.1, 0.15) is 0 Å². The number of thioether (sulfide) groups is 1. The van der Waals surface area contributed by atoms with Crippen molar-refractivity contribution in [2.75, 3.05) is 18.8 Å². The fraction of sp³-hybridized carbons (Fsp3) is 1.00. The van der Waals surface area contributed by atoms with Crippen molar-refractivity contribution in [2.45, 2.75) is 43.9 Å². The molecule has 70 valence electrons. The lowest BCUT2D eigenvalue weighted by molar-refractivity contribution is 0.122. The molecule has 0 aromatic heterocycles. The van der Waals surface area contributed by atoms with Crippen LogP contribution in [0.3, 0.4) is 0 Å². The number of nitrogens with zero attached hydrogens (tertiary/aromatic N) is 1. The van der Waals surface area contributed by atoms with Crippen LogP contribution in [-0.4, -0.2) is 34.5 Å². The fourth-order valence-corrected chi connectivity index (χ4v) is 4.15. The minimum absolute atomic E-state index is 0.598. The summed E-state index contributed by atoms with van der Waals surface area (Å²) in [7, 11) is 0. The molecule has 2 heterocycles. The summed E-state index contributed by atoms with van der Waals surface area (Å²) in [6, 6.07) is 0. The minimum atomic E-state index is 0.598. The van der Waals surface area contributed by atoms with Gasteiger partial charge in [0, 0.05) is 16.5 Å². The van der Waals surface area contributed by atoms with E-state index in [2.05, 4.69) is 30.5 Å². The van der Waals surface area contributed by atoms with Crippen LogP contribution in [0.15, 0.2) is 0 Å². The van der Waals surface area contributed by atoms with Crippen LogP contribution in [0.2, 0.25) is 0 Å². The molecule has 0 aliphatic carbocycles. The largest absolute Gasteiger partial charge is 0.296 e. The predicted molar refractivity (Wildman–Crippen MR) is 55.7 cm³/mol. The van der Waals surface area contributed by atoms with Gasteiger partial charge in [0.25, 0.3) is 0 Å². The van der Waals surface area contributed by atoms with Gasteiger partial charge in [-0.05, 0) is 32.4 Å². The lowest BCUT2D eigenvalue weighted by Crippen LogP contribution is -2.61. The molecule has 0 bridgehead atoms. The second-order valence-corrected chi connectivity index (χ2v) is 5.43. The molecule has 2 atom stereocenters. The van der Waals surface area contributed by atoms with E-state index < -0.39 is 0 Å². The molecule has 2 aliphatic heterocycles. The van der Waals surface area contributed by atoms with Crippen LogP contribution in [-0.2, 0) is 0 Å². The van der Waals surface area contributed by atoms with Crippen molar-refractivity contribution < 1.29 is 0 Å². The van der Waals surface area contributed by atoms with Crippen molar-refractivity contribution in [1.82, 2.24) is 4.90 Å². The first-order chi connectivity index (χ1) is 5.79. The van der Waals surface area contributed by atoms with Gasteiger partial charge in [-0.2, -0.15) is 11.8 Å². The molecule has 0 aromatic rings. The first-order valence-corrected chi connectivity index (χ1v) is 6.21. The Labute approximate surface area is 79.9 Å². The van der Waals surface area contributed by atoms with Gasteiger partial charge >= 0.3 is 0 Å². The van der Waals surface area contributed by atoms with E-state index in [0.717, 1.165) is 5.25 Å². The second-order valence-electron chi connectivity index (χ2n) is 4.10. The summed E-state index contributed by atoms with van der Waals surface area (Å²) in [5, 5.41) is 0.876. The highest BCUT2D eigenvalue weighted by Crippen LogP contribution is 2.45. The Kier molecular flexibility index (Phi) is 2.39. The van der Waals surface area contributed by atoms with E-state index in [0.29, 0.717) is 5.54 Å². The SMILES string of the molecule is CCC1(N2CCCC2)CSC1C. The van der Waals surface area contributed by atoms with E-state index in [1.807, 2.05) is 0 Å². The summed E-state index contributed by atoms with van der Waals surface area (Å²) in [6.45, 7) is 7.47. The summed E-state index contributed by atoms with van der Waals surface area (Å²) in [5.41, 5.74) is 0.598. The molecule has 2 aliphatic rings. The zero-order valence-corrected chi connectivity index (χ0v) is 8.99. The number of rotatable bonds is 2. The molecule has 2 saturated heterocycles. The maximum atomic E-state index is 2.74. The van der Waals surface area contributed by atoms with Crippen molar-refractivity contribution >= 4 is 11.8 Å². The first kappa shape index (κ1) is 8.89. The average Bonchev–Trinajstić information content (AvgIpc) is 2.57. The van der Waals surface area contributed by atoms with Crippen molar-refractivity contribution in [2.24, 2.45) is 0 Å². The van der Waals surface area contributed by atoms with E-state index >= 15 is 0 Å². The standard InChI is InChI=1S/C10H19NS/c1-3-10(8-12-9(10)2)11-6-4-5-7-11/h9H,3-8H2,1-2H3. The molecule has 12 heavy (non-hydrogen) atoms. The molecule has 0 aromatic carbocycles. The van der Waals surface area contributed by atoms with Crippen molar-refractivity contribution in [3.05, 3.63) is 0 Å². The van der Waals surface area contributed by atoms with Gasteiger partial charge in [-0.15, -0.1) is 0 Å².